The molecule has 1 N–H and O–H groups in total. The zero-order valence-corrected chi connectivity index (χ0v) is 12.6. The molecule has 0 bridgehead atoms. The van der Waals surface area contributed by atoms with E-state index in [1.807, 2.05) is 19.1 Å². The number of nitrogens with zero attached hydrogens (tertiary/aromatic N) is 1. The first-order valence-electron chi connectivity index (χ1n) is 7.25. The van der Waals surface area contributed by atoms with Crippen LogP contribution in [-0.4, -0.2) is 38.0 Å². The lowest BCUT2D eigenvalue weighted by atomic mass is 9.88. The Kier molecular flexibility index (Phi) is 3.29. The summed E-state index contributed by atoms with van der Waals surface area (Å²) >= 11 is 0. The monoisotopic (exact) mass is 295 g/mol. The smallest absolute Gasteiger partial charge is 0.178 e. The molecule has 110 valence electrons. The lowest BCUT2D eigenvalue weighted by molar-refractivity contribution is -0.00930. The predicted molar refractivity (Wildman–Crippen MR) is 78.7 cm³/mol. The first kappa shape index (κ1) is 13.9. The van der Waals surface area contributed by atoms with Crippen molar-refractivity contribution in [3.8, 4) is 0 Å². The van der Waals surface area contributed by atoms with Crippen molar-refractivity contribution in [2.24, 2.45) is 5.92 Å². The average molecular weight is 295 g/mol. The molecule has 1 heterocycles. The van der Waals surface area contributed by atoms with E-state index in [9.17, 15) is 13.5 Å². The van der Waals surface area contributed by atoms with Gasteiger partial charge in [0.05, 0.1) is 10.6 Å². The average Bonchev–Trinajstić information content (AvgIpc) is 3.19. The number of hydrogen-bond acceptors (Lipinski definition) is 4. The van der Waals surface area contributed by atoms with Gasteiger partial charge in [-0.25, -0.2) is 8.42 Å². The van der Waals surface area contributed by atoms with Gasteiger partial charge in [0.25, 0.3) is 0 Å². The molecular formula is C15H21NO3S. The fourth-order valence-electron chi connectivity index (χ4n) is 2.93. The summed E-state index contributed by atoms with van der Waals surface area (Å²) in [5.74, 6) is 0.667. The van der Waals surface area contributed by atoms with Gasteiger partial charge in [0.1, 0.15) is 5.60 Å². The van der Waals surface area contributed by atoms with Gasteiger partial charge in [0, 0.05) is 18.8 Å². The second-order valence-electron chi connectivity index (χ2n) is 6.05. The highest BCUT2D eigenvalue weighted by atomic mass is 32.2. The second-order valence-corrected chi connectivity index (χ2v) is 8.16. The van der Waals surface area contributed by atoms with Crippen molar-refractivity contribution in [2.45, 2.75) is 36.7 Å². The van der Waals surface area contributed by atoms with Crippen molar-refractivity contribution in [1.29, 1.82) is 0 Å². The van der Waals surface area contributed by atoms with E-state index in [4.69, 9.17) is 0 Å². The highest BCUT2D eigenvalue weighted by molar-refractivity contribution is 7.91. The predicted octanol–water partition coefficient (Wildman–Crippen LogP) is 1.83. The van der Waals surface area contributed by atoms with Crippen molar-refractivity contribution in [2.75, 3.05) is 23.7 Å². The number of hydrogen-bond donors (Lipinski definition) is 1. The van der Waals surface area contributed by atoms with Crippen LogP contribution in [0.4, 0.5) is 5.69 Å². The summed E-state index contributed by atoms with van der Waals surface area (Å²) in [6.07, 6.45) is 2.90. The maximum atomic E-state index is 11.9. The minimum absolute atomic E-state index is 0.192. The van der Waals surface area contributed by atoms with E-state index in [0.29, 0.717) is 30.3 Å². The van der Waals surface area contributed by atoms with Crippen LogP contribution >= 0.6 is 0 Å². The van der Waals surface area contributed by atoms with Gasteiger partial charge < -0.3 is 10.0 Å². The Morgan fingerprint density at radius 3 is 2.35 bits per heavy atom. The zero-order chi connectivity index (χ0) is 14.4. The molecule has 5 heteroatoms. The molecule has 20 heavy (non-hydrogen) atoms. The van der Waals surface area contributed by atoms with Gasteiger partial charge in [-0.3, -0.25) is 0 Å². The second kappa shape index (κ2) is 4.74. The Labute approximate surface area is 120 Å². The summed E-state index contributed by atoms with van der Waals surface area (Å²) in [6.45, 7) is 3.20. The van der Waals surface area contributed by atoms with Crippen LogP contribution in [0.5, 0.6) is 0 Å². The van der Waals surface area contributed by atoms with Crippen LogP contribution in [0.3, 0.4) is 0 Å². The van der Waals surface area contributed by atoms with E-state index in [1.54, 1.807) is 12.1 Å². The third kappa shape index (κ3) is 2.44. The molecule has 1 aromatic carbocycles. The van der Waals surface area contributed by atoms with Crippen LogP contribution in [0.25, 0.3) is 0 Å². The van der Waals surface area contributed by atoms with Crippen molar-refractivity contribution in [3.63, 3.8) is 0 Å². The summed E-state index contributed by atoms with van der Waals surface area (Å²) in [5.41, 5.74) is 0.484. The first-order chi connectivity index (χ1) is 9.44. The third-order valence-corrected chi connectivity index (χ3v) is 6.24. The van der Waals surface area contributed by atoms with Crippen LogP contribution in [0.15, 0.2) is 29.2 Å². The van der Waals surface area contributed by atoms with Gasteiger partial charge in [-0.15, -0.1) is 0 Å². The van der Waals surface area contributed by atoms with Gasteiger partial charge in [0.2, 0.25) is 0 Å². The summed E-state index contributed by atoms with van der Waals surface area (Å²) in [7, 11) is -3.14. The molecule has 3 rings (SSSR count). The number of anilines is 1. The first-order valence-corrected chi connectivity index (χ1v) is 8.90. The maximum absolute atomic E-state index is 11.9. The number of rotatable bonds is 5. The summed E-state index contributed by atoms with van der Waals surface area (Å²) < 4.78 is 23.9. The van der Waals surface area contributed by atoms with Gasteiger partial charge in [-0.1, -0.05) is 6.92 Å². The minimum atomic E-state index is -3.14. The van der Waals surface area contributed by atoms with Crippen LogP contribution in [0.1, 0.15) is 26.2 Å². The SMILES string of the molecule is CCCS(=O)(=O)c1ccc(N2CC(O)(C3CC3)C2)cc1. The van der Waals surface area contributed by atoms with E-state index in [2.05, 4.69) is 4.90 Å². The molecule has 0 aromatic heterocycles. The summed E-state index contributed by atoms with van der Waals surface area (Å²) in [6, 6.07) is 7.04. The number of β-amino-alcohol motifs (C(OH)–C–C–N with tert-alkyl or cyclic N) is 1. The van der Waals surface area contributed by atoms with E-state index >= 15 is 0 Å². The third-order valence-electron chi connectivity index (χ3n) is 4.30. The molecule has 1 aliphatic heterocycles. The maximum Gasteiger partial charge on any atom is 0.178 e. The quantitative estimate of drug-likeness (QED) is 0.900. The van der Waals surface area contributed by atoms with E-state index in [1.165, 1.54) is 0 Å². The highest BCUT2D eigenvalue weighted by Gasteiger charge is 2.51. The number of sulfone groups is 1. The Bertz CT molecular complexity index is 584. The minimum Gasteiger partial charge on any atom is -0.386 e. The van der Waals surface area contributed by atoms with Gasteiger partial charge in [-0.05, 0) is 49.4 Å². The molecule has 4 nitrogen and oxygen atoms in total. The topological polar surface area (TPSA) is 57.6 Å². The molecule has 1 aliphatic carbocycles. The molecule has 0 radical (unpaired) electrons. The largest absolute Gasteiger partial charge is 0.386 e. The molecule has 0 atom stereocenters. The summed E-state index contributed by atoms with van der Waals surface area (Å²) in [5, 5.41) is 10.3. The normalized spacial score (nSPS) is 21.6. The molecule has 1 saturated heterocycles. The van der Waals surface area contributed by atoms with Crippen LogP contribution < -0.4 is 4.90 Å². The van der Waals surface area contributed by atoms with Gasteiger partial charge in [-0.2, -0.15) is 0 Å². The highest BCUT2D eigenvalue weighted by Crippen LogP contribution is 2.45. The van der Waals surface area contributed by atoms with E-state index in [-0.39, 0.29) is 5.75 Å². The van der Waals surface area contributed by atoms with Crippen LogP contribution in [-0.2, 0) is 9.84 Å². The molecule has 0 amide bonds. The lowest BCUT2D eigenvalue weighted by Gasteiger charge is -2.48. The molecule has 0 unspecified atom stereocenters. The Morgan fingerprint density at radius 1 is 1.25 bits per heavy atom. The Balaban J connectivity index is 1.68. The molecule has 1 saturated carbocycles. The molecule has 1 aromatic rings. The summed E-state index contributed by atoms with van der Waals surface area (Å²) in [4.78, 5) is 2.50. The Morgan fingerprint density at radius 2 is 1.85 bits per heavy atom. The van der Waals surface area contributed by atoms with E-state index in [0.717, 1.165) is 18.5 Å². The molecule has 2 aliphatic rings. The molecule has 0 spiro atoms. The zero-order valence-electron chi connectivity index (χ0n) is 11.7. The number of aliphatic hydroxyl groups is 1. The number of benzene rings is 1. The fraction of sp³-hybridized carbons (Fsp3) is 0.600. The van der Waals surface area contributed by atoms with Crippen molar-refractivity contribution >= 4 is 15.5 Å². The van der Waals surface area contributed by atoms with Crippen molar-refractivity contribution < 1.29 is 13.5 Å². The Hall–Kier alpha value is -1.07. The lowest BCUT2D eigenvalue weighted by Crippen LogP contribution is -2.63. The van der Waals surface area contributed by atoms with Gasteiger partial charge >= 0.3 is 0 Å². The van der Waals surface area contributed by atoms with Crippen molar-refractivity contribution in [3.05, 3.63) is 24.3 Å². The van der Waals surface area contributed by atoms with Crippen LogP contribution in [0.2, 0.25) is 0 Å². The molecule has 2 fully saturated rings. The van der Waals surface area contributed by atoms with Crippen LogP contribution in [0, 0.1) is 5.92 Å². The van der Waals surface area contributed by atoms with Gasteiger partial charge in [0.15, 0.2) is 9.84 Å². The molecular weight excluding hydrogens is 274 g/mol. The fourth-order valence-corrected chi connectivity index (χ4v) is 4.25. The van der Waals surface area contributed by atoms with Crippen molar-refractivity contribution in [1.82, 2.24) is 0 Å². The van der Waals surface area contributed by atoms with E-state index < -0.39 is 15.4 Å². The standard InChI is InChI=1S/C15H21NO3S/c1-2-9-20(18,19)14-7-5-13(6-8-14)16-10-15(17,11-16)12-3-4-12/h5-8,12,17H,2-4,9-11H2,1H3.